The lowest BCUT2D eigenvalue weighted by atomic mass is 10.1. The molecule has 158 valence electrons. The Labute approximate surface area is 178 Å². The van der Waals surface area contributed by atoms with Crippen LogP contribution in [0.25, 0.3) is 10.9 Å². The lowest BCUT2D eigenvalue weighted by Crippen LogP contribution is -2.40. The highest BCUT2D eigenvalue weighted by atomic mass is 32.2. The predicted octanol–water partition coefficient (Wildman–Crippen LogP) is 2.46. The molecule has 31 heavy (non-hydrogen) atoms. The van der Waals surface area contributed by atoms with E-state index in [1.807, 2.05) is 0 Å². The fourth-order valence-electron chi connectivity index (χ4n) is 3.13. The van der Waals surface area contributed by atoms with Gasteiger partial charge in [-0.05, 0) is 47.3 Å². The van der Waals surface area contributed by atoms with Crippen LogP contribution in [-0.4, -0.2) is 19.3 Å². The number of fused-ring (bicyclic) bond motifs is 1. The zero-order valence-electron chi connectivity index (χ0n) is 16.2. The summed E-state index contributed by atoms with van der Waals surface area (Å²) in [4.78, 5) is 26.9. The summed E-state index contributed by atoms with van der Waals surface area (Å²) in [6, 6.07) is 18.0. The summed E-state index contributed by atoms with van der Waals surface area (Å²) in [5, 5.41) is 3.25. The molecule has 2 aromatic carbocycles. The monoisotopic (exact) mass is 437 g/mol. The molecule has 0 bridgehead atoms. The Morgan fingerprint density at radius 1 is 1.00 bits per heavy atom. The number of rotatable bonds is 7. The van der Waals surface area contributed by atoms with Crippen molar-refractivity contribution in [2.24, 2.45) is 0 Å². The van der Waals surface area contributed by atoms with Gasteiger partial charge in [0, 0.05) is 11.6 Å². The minimum atomic E-state index is -4.05. The van der Waals surface area contributed by atoms with Gasteiger partial charge in [-0.25, -0.2) is 8.42 Å². The van der Waals surface area contributed by atoms with Gasteiger partial charge in [-0.15, -0.1) is 0 Å². The molecule has 2 heterocycles. The Hall–Kier alpha value is -3.69. The summed E-state index contributed by atoms with van der Waals surface area (Å²) < 4.78 is 33.9. The number of furan rings is 1. The molecule has 0 fully saturated rings. The Kier molecular flexibility index (Phi) is 5.70. The van der Waals surface area contributed by atoms with E-state index in [0.717, 1.165) is 0 Å². The molecule has 8 nitrogen and oxygen atoms in total. The third-order valence-corrected chi connectivity index (χ3v) is 6.11. The second-order valence-electron chi connectivity index (χ2n) is 6.83. The lowest BCUT2D eigenvalue weighted by Gasteiger charge is -2.19. The number of carbonyl (C=O) groups excluding carboxylic acids is 1. The molecule has 2 aromatic heterocycles. The van der Waals surface area contributed by atoms with Crippen LogP contribution in [0.2, 0.25) is 0 Å². The molecule has 0 spiro atoms. The van der Waals surface area contributed by atoms with Crippen LogP contribution < -0.4 is 15.6 Å². The van der Waals surface area contributed by atoms with Crippen molar-refractivity contribution in [3.63, 3.8) is 0 Å². The summed E-state index contributed by atoms with van der Waals surface area (Å²) in [5.74, 6) is 0.0304. The van der Waals surface area contributed by atoms with Gasteiger partial charge in [0.15, 0.2) is 0 Å². The van der Waals surface area contributed by atoms with E-state index in [9.17, 15) is 18.0 Å². The number of H-pyrrole nitrogens is 1. The third kappa shape index (κ3) is 4.73. The third-order valence-electron chi connectivity index (χ3n) is 4.69. The van der Waals surface area contributed by atoms with E-state index in [1.165, 1.54) is 36.6 Å². The highest BCUT2D eigenvalue weighted by Crippen LogP contribution is 2.21. The zero-order chi connectivity index (χ0) is 21.8. The Balaban J connectivity index is 1.62. The average molecular weight is 437 g/mol. The van der Waals surface area contributed by atoms with Crippen LogP contribution in [0.4, 0.5) is 0 Å². The standard InChI is InChI=1S/C22H19N3O5S/c26-20-11-8-16-13-18(9-10-19(16)24-20)31(28,29)25-21(15-5-2-1-3-6-15)22(27)23-14-17-7-4-12-30-17/h1-13,21,25H,14H2,(H,23,27)(H,24,26)/t21-/m1/s1. The zero-order valence-corrected chi connectivity index (χ0v) is 17.1. The largest absolute Gasteiger partial charge is 0.467 e. The van der Waals surface area contributed by atoms with Gasteiger partial charge in [-0.1, -0.05) is 30.3 Å². The fraction of sp³-hybridized carbons (Fsp3) is 0.0909. The molecule has 4 rings (SSSR count). The van der Waals surface area contributed by atoms with E-state index in [4.69, 9.17) is 4.42 Å². The summed E-state index contributed by atoms with van der Waals surface area (Å²) >= 11 is 0. The number of amides is 1. The molecule has 4 aromatic rings. The van der Waals surface area contributed by atoms with Gasteiger partial charge in [0.1, 0.15) is 11.8 Å². The lowest BCUT2D eigenvalue weighted by molar-refractivity contribution is -0.123. The number of pyridine rings is 1. The van der Waals surface area contributed by atoms with Gasteiger partial charge in [0.2, 0.25) is 21.5 Å². The van der Waals surface area contributed by atoms with Gasteiger partial charge in [-0.3, -0.25) is 9.59 Å². The topological polar surface area (TPSA) is 121 Å². The van der Waals surface area contributed by atoms with Crippen molar-refractivity contribution in [1.82, 2.24) is 15.0 Å². The normalized spacial score (nSPS) is 12.5. The molecule has 0 radical (unpaired) electrons. The SMILES string of the molecule is O=C(NCc1ccco1)[C@H](NS(=O)(=O)c1ccc2[nH]c(=O)ccc2c1)c1ccccc1. The first kappa shape index (κ1) is 20.6. The summed E-state index contributed by atoms with van der Waals surface area (Å²) in [6.45, 7) is 0.125. The highest BCUT2D eigenvalue weighted by Gasteiger charge is 2.27. The molecule has 3 N–H and O–H groups in total. The second-order valence-corrected chi connectivity index (χ2v) is 8.55. The van der Waals surface area contributed by atoms with Crippen molar-refractivity contribution in [3.8, 4) is 0 Å². The van der Waals surface area contributed by atoms with Crippen molar-refractivity contribution in [2.45, 2.75) is 17.5 Å². The highest BCUT2D eigenvalue weighted by molar-refractivity contribution is 7.89. The maximum absolute atomic E-state index is 13.1. The number of hydrogen-bond donors (Lipinski definition) is 3. The predicted molar refractivity (Wildman–Crippen MR) is 115 cm³/mol. The van der Waals surface area contributed by atoms with Crippen LogP contribution in [0.5, 0.6) is 0 Å². The second kappa shape index (κ2) is 8.58. The first-order valence-electron chi connectivity index (χ1n) is 9.43. The maximum Gasteiger partial charge on any atom is 0.248 e. The van der Waals surface area contributed by atoms with Crippen LogP contribution in [0, 0.1) is 0 Å². The molecular weight excluding hydrogens is 418 g/mol. The first-order valence-corrected chi connectivity index (χ1v) is 10.9. The van der Waals surface area contributed by atoms with E-state index >= 15 is 0 Å². The smallest absolute Gasteiger partial charge is 0.248 e. The van der Waals surface area contributed by atoms with Gasteiger partial charge in [0.05, 0.1) is 17.7 Å². The number of aromatic nitrogens is 1. The van der Waals surface area contributed by atoms with E-state index < -0.39 is 22.0 Å². The number of benzene rings is 2. The maximum atomic E-state index is 13.1. The number of aromatic amines is 1. The van der Waals surface area contributed by atoms with Crippen molar-refractivity contribution in [2.75, 3.05) is 0 Å². The van der Waals surface area contributed by atoms with Gasteiger partial charge in [-0.2, -0.15) is 4.72 Å². The molecule has 1 atom stereocenters. The van der Waals surface area contributed by atoms with Crippen molar-refractivity contribution >= 4 is 26.8 Å². The van der Waals surface area contributed by atoms with Crippen molar-refractivity contribution in [1.29, 1.82) is 0 Å². The van der Waals surface area contributed by atoms with Gasteiger partial charge in [0.25, 0.3) is 0 Å². The molecule has 0 saturated heterocycles. The summed E-state index contributed by atoms with van der Waals surface area (Å²) in [5.41, 5.74) is 0.731. The molecule has 9 heteroatoms. The Morgan fingerprint density at radius 2 is 1.81 bits per heavy atom. The minimum Gasteiger partial charge on any atom is -0.467 e. The van der Waals surface area contributed by atoms with Gasteiger partial charge < -0.3 is 14.7 Å². The van der Waals surface area contributed by atoms with Crippen molar-refractivity contribution < 1.29 is 17.6 Å². The van der Waals surface area contributed by atoms with Crippen LogP contribution in [-0.2, 0) is 21.4 Å². The molecular formula is C22H19N3O5S. The van der Waals surface area contributed by atoms with Crippen LogP contribution in [0.1, 0.15) is 17.4 Å². The van der Waals surface area contributed by atoms with E-state index in [0.29, 0.717) is 22.2 Å². The Bertz CT molecular complexity index is 1360. The van der Waals surface area contributed by atoms with E-state index in [1.54, 1.807) is 42.5 Å². The quantitative estimate of drug-likeness (QED) is 0.410. The van der Waals surface area contributed by atoms with Gasteiger partial charge >= 0.3 is 0 Å². The van der Waals surface area contributed by atoms with E-state index in [-0.39, 0.29) is 17.0 Å². The van der Waals surface area contributed by atoms with E-state index in [2.05, 4.69) is 15.0 Å². The summed E-state index contributed by atoms with van der Waals surface area (Å²) in [7, 11) is -4.05. The molecule has 1 amide bonds. The summed E-state index contributed by atoms with van der Waals surface area (Å²) in [6.07, 6.45) is 1.49. The molecule has 0 aliphatic rings. The molecule has 0 aliphatic heterocycles. The fourth-order valence-corrected chi connectivity index (χ4v) is 4.35. The number of nitrogens with one attached hydrogen (secondary N) is 3. The molecule has 0 saturated carbocycles. The van der Waals surface area contributed by atoms with Crippen LogP contribution >= 0.6 is 0 Å². The van der Waals surface area contributed by atoms with Crippen molar-refractivity contribution in [3.05, 3.63) is 101 Å². The minimum absolute atomic E-state index is 0.0215. The molecule has 0 aliphatic carbocycles. The van der Waals surface area contributed by atoms with Crippen LogP contribution in [0.3, 0.4) is 0 Å². The Morgan fingerprint density at radius 3 is 2.55 bits per heavy atom. The molecule has 0 unspecified atom stereocenters. The number of hydrogen-bond acceptors (Lipinski definition) is 5. The number of carbonyl (C=O) groups is 1. The number of sulfonamides is 1. The van der Waals surface area contributed by atoms with Crippen LogP contribution in [0.15, 0.2) is 93.2 Å². The first-order chi connectivity index (χ1) is 14.9. The average Bonchev–Trinajstić information content (AvgIpc) is 3.30.